The van der Waals surface area contributed by atoms with Crippen molar-refractivity contribution in [3.63, 3.8) is 0 Å². The Kier molecular flexibility index (Phi) is 3.32. The van der Waals surface area contributed by atoms with Crippen molar-refractivity contribution in [1.82, 2.24) is 5.32 Å². The first-order valence-corrected chi connectivity index (χ1v) is 4.15. The average Bonchev–Trinajstić information content (AvgIpc) is 1.62. The Morgan fingerprint density at radius 3 is 2.22 bits per heavy atom. The minimum absolute atomic E-state index is 0.538. The zero-order chi connectivity index (χ0) is 7.49. The van der Waals surface area contributed by atoms with Crippen molar-refractivity contribution in [1.29, 1.82) is 0 Å². The third kappa shape index (κ3) is 5.95. The molecule has 0 radical (unpaired) electrons. The molecule has 4 N–H and O–H groups in total. The van der Waals surface area contributed by atoms with E-state index in [1.807, 2.05) is 0 Å². The molecule has 0 heterocycles. The van der Waals surface area contributed by atoms with Crippen LogP contribution in [0.15, 0.2) is 0 Å². The molecule has 0 aliphatic rings. The Labute approximate surface area is 52.9 Å². The average molecular weight is 155 g/mol. The van der Waals surface area contributed by atoms with Gasteiger partial charge in [-0.2, -0.15) is 0 Å². The lowest BCUT2D eigenvalue weighted by atomic mass is 10.7. The summed E-state index contributed by atoms with van der Waals surface area (Å²) in [4.78, 5) is 16.5. The van der Waals surface area contributed by atoms with E-state index in [1.165, 1.54) is 7.05 Å². The molecule has 0 aliphatic carbocycles. The quantitative estimate of drug-likeness (QED) is 0.300. The summed E-state index contributed by atoms with van der Waals surface area (Å²) in [5.74, 6) is 0. The van der Waals surface area contributed by atoms with Crippen LogP contribution in [0.25, 0.3) is 0 Å². The monoisotopic (exact) mass is 155 g/mol. The molecule has 0 aromatic heterocycles. The smallest absolute Gasteiger partial charge is 0.329 e. The predicted molar refractivity (Wildman–Crippen MR) is 32.0 cm³/mol. The Bertz CT molecular complexity index is 121. The first kappa shape index (κ1) is 9.07. The van der Waals surface area contributed by atoms with Gasteiger partial charge in [-0.05, 0) is 7.05 Å². The molecule has 0 bridgehead atoms. The number of nitrogens with one attached hydrogen (secondary N) is 1. The van der Waals surface area contributed by atoms with Crippen LogP contribution >= 0.6 is 7.60 Å². The van der Waals surface area contributed by atoms with Gasteiger partial charge in [-0.1, -0.05) is 0 Å². The van der Waals surface area contributed by atoms with Gasteiger partial charge < -0.3 is 14.9 Å². The van der Waals surface area contributed by atoms with Crippen molar-refractivity contribution >= 4 is 7.60 Å². The van der Waals surface area contributed by atoms with Crippen LogP contribution in [-0.2, 0) is 4.57 Å². The maximum atomic E-state index is 10.1. The predicted octanol–water partition coefficient (Wildman–Crippen LogP) is -1.30. The van der Waals surface area contributed by atoms with Crippen LogP contribution in [0.3, 0.4) is 0 Å². The number of hydrogen-bond donors (Lipinski definition) is 4. The summed E-state index contributed by atoms with van der Waals surface area (Å²) >= 11 is 0. The summed E-state index contributed by atoms with van der Waals surface area (Å²) in [5.41, 5.74) is 0. The van der Waals surface area contributed by atoms with Crippen molar-refractivity contribution in [2.75, 3.05) is 13.2 Å². The van der Waals surface area contributed by atoms with Gasteiger partial charge in [0.1, 0.15) is 6.23 Å². The second kappa shape index (κ2) is 3.29. The zero-order valence-corrected chi connectivity index (χ0v) is 5.88. The fourth-order valence-corrected chi connectivity index (χ4v) is 0.950. The summed E-state index contributed by atoms with van der Waals surface area (Å²) in [5, 5.41) is 10.9. The van der Waals surface area contributed by atoms with Crippen LogP contribution < -0.4 is 5.32 Å². The number of hydrogen-bond acceptors (Lipinski definition) is 3. The van der Waals surface area contributed by atoms with Crippen LogP contribution in [-0.4, -0.2) is 34.3 Å². The summed E-state index contributed by atoms with van der Waals surface area (Å²) in [6.45, 7) is 0. The number of aliphatic hydroxyl groups is 1. The maximum absolute atomic E-state index is 10.1. The van der Waals surface area contributed by atoms with E-state index < -0.39 is 20.0 Å². The van der Waals surface area contributed by atoms with Crippen LogP contribution in [0.4, 0.5) is 0 Å². The molecule has 0 aromatic carbocycles. The van der Waals surface area contributed by atoms with Gasteiger partial charge in [0, 0.05) is 0 Å². The lowest BCUT2D eigenvalue weighted by Crippen LogP contribution is -2.28. The SMILES string of the molecule is CNC(O)CP(=O)(O)O. The molecule has 0 aliphatic heterocycles. The van der Waals surface area contributed by atoms with Gasteiger partial charge >= 0.3 is 7.60 Å². The standard InChI is InChI=1S/C3H10NO4P/c1-4-3(5)2-9(6,7)8/h3-5H,2H2,1H3,(H2,6,7,8). The molecule has 0 rings (SSSR count). The molecule has 9 heavy (non-hydrogen) atoms. The van der Waals surface area contributed by atoms with Crippen molar-refractivity contribution in [2.24, 2.45) is 0 Å². The van der Waals surface area contributed by atoms with Crippen LogP contribution in [0.1, 0.15) is 0 Å². The molecule has 0 spiro atoms. The van der Waals surface area contributed by atoms with E-state index in [4.69, 9.17) is 14.9 Å². The number of aliphatic hydroxyl groups excluding tert-OH is 1. The van der Waals surface area contributed by atoms with Gasteiger partial charge in [0.25, 0.3) is 0 Å². The van der Waals surface area contributed by atoms with Crippen LogP contribution in [0.5, 0.6) is 0 Å². The Hall–Kier alpha value is 0.0700. The highest BCUT2D eigenvalue weighted by atomic mass is 31.2. The fraction of sp³-hybridized carbons (Fsp3) is 1.00. The lowest BCUT2D eigenvalue weighted by molar-refractivity contribution is 0.162. The van der Waals surface area contributed by atoms with Gasteiger partial charge in [0.2, 0.25) is 0 Å². The van der Waals surface area contributed by atoms with E-state index in [1.54, 1.807) is 0 Å². The van der Waals surface area contributed by atoms with Gasteiger partial charge in [0.15, 0.2) is 0 Å². The van der Waals surface area contributed by atoms with Crippen LogP contribution in [0.2, 0.25) is 0 Å². The molecule has 6 heteroatoms. The second-order valence-electron chi connectivity index (χ2n) is 1.65. The molecular formula is C3H10NO4P. The fourth-order valence-electron chi connectivity index (χ4n) is 0.317. The zero-order valence-electron chi connectivity index (χ0n) is 4.98. The molecule has 1 unspecified atom stereocenters. The number of rotatable bonds is 3. The van der Waals surface area contributed by atoms with Crippen molar-refractivity contribution in [2.45, 2.75) is 6.23 Å². The summed E-state index contributed by atoms with van der Waals surface area (Å²) < 4.78 is 10.1. The van der Waals surface area contributed by atoms with E-state index in [0.29, 0.717) is 0 Å². The van der Waals surface area contributed by atoms with E-state index in [0.717, 1.165) is 0 Å². The molecule has 1 atom stereocenters. The van der Waals surface area contributed by atoms with Crippen molar-refractivity contribution < 1.29 is 19.5 Å². The van der Waals surface area contributed by atoms with Crippen molar-refractivity contribution in [3.05, 3.63) is 0 Å². The molecule has 0 saturated heterocycles. The molecule has 56 valence electrons. The molecule has 5 nitrogen and oxygen atoms in total. The van der Waals surface area contributed by atoms with Gasteiger partial charge in [-0.3, -0.25) is 9.88 Å². The van der Waals surface area contributed by atoms with Crippen LogP contribution in [0, 0.1) is 0 Å². The molecule has 0 amide bonds. The first-order chi connectivity index (χ1) is 3.95. The minimum Gasteiger partial charge on any atom is -0.378 e. The summed E-state index contributed by atoms with van der Waals surface area (Å²) in [6.07, 6.45) is -1.66. The second-order valence-corrected chi connectivity index (χ2v) is 3.35. The van der Waals surface area contributed by atoms with E-state index in [9.17, 15) is 4.57 Å². The highest BCUT2D eigenvalue weighted by Gasteiger charge is 2.17. The van der Waals surface area contributed by atoms with Gasteiger partial charge in [-0.25, -0.2) is 0 Å². The van der Waals surface area contributed by atoms with Crippen molar-refractivity contribution in [3.8, 4) is 0 Å². The third-order valence-corrected chi connectivity index (χ3v) is 1.57. The molecule has 0 aromatic rings. The molecule has 0 fully saturated rings. The lowest BCUT2D eigenvalue weighted by Gasteiger charge is -2.08. The van der Waals surface area contributed by atoms with Gasteiger partial charge in [0.05, 0.1) is 6.16 Å². The largest absolute Gasteiger partial charge is 0.378 e. The van der Waals surface area contributed by atoms with E-state index in [2.05, 4.69) is 5.32 Å². The Balaban J connectivity index is 3.60. The van der Waals surface area contributed by atoms with E-state index >= 15 is 0 Å². The summed E-state index contributed by atoms with van der Waals surface area (Å²) in [7, 11) is -2.63. The first-order valence-electron chi connectivity index (χ1n) is 2.35. The molecule has 0 saturated carbocycles. The van der Waals surface area contributed by atoms with Gasteiger partial charge in [-0.15, -0.1) is 0 Å². The maximum Gasteiger partial charge on any atom is 0.329 e. The normalized spacial score (nSPS) is 15.6. The molecular weight excluding hydrogens is 145 g/mol. The minimum atomic E-state index is -4.05. The highest BCUT2D eigenvalue weighted by Crippen LogP contribution is 2.34. The Morgan fingerprint density at radius 2 is 2.11 bits per heavy atom. The highest BCUT2D eigenvalue weighted by molar-refractivity contribution is 7.51. The summed E-state index contributed by atoms with van der Waals surface area (Å²) in [6, 6.07) is 0. The van der Waals surface area contributed by atoms with E-state index in [-0.39, 0.29) is 0 Å². The third-order valence-electron chi connectivity index (χ3n) is 0.744. The topological polar surface area (TPSA) is 89.8 Å². The Morgan fingerprint density at radius 1 is 1.67 bits per heavy atom.